The Bertz CT molecular complexity index is 1650. The lowest BCUT2D eigenvalue weighted by atomic mass is 9.98. The molecule has 0 aromatic rings. The highest BCUT2D eigenvalue weighted by atomic mass is 16.7. The number of hydrogen-bond acceptors (Lipinski definition) is 11. The highest BCUT2D eigenvalue weighted by Crippen LogP contribution is 2.26. The van der Waals surface area contributed by atoms with Crippen LogP contribution in [0.25, 0.3) is 0 Å². The fourth-order valence-corrected chi connectivity index (χ4v) is 7.29. The number of ether oxygens (including phenoxy) is 5. The van der Waals surface area contributed by atoms with E-state index in [0.29, 0.717) is 19.3 Å². The van der Waals surface area contributed by atoms with E-state index in [2.05, 4.69) is 118 Å². The van der Waals surface area contributed by atoms with Gasteiger partial charge in [0.2, 0.25) is 0 Å². The standard InChI is InChI=1S/C59H92O12/c1-4-7-10-13-16-19-21-23-24-25-26-27-28-30-31-34-36-39-42-45-51(60)67-48-50(69-52(61)46-43-40-38-35-32-29-22-20-17-14-11-8-5-2)49-68-59-57(55(64)54(63)56(71-59)58(65)66)70-53(62)47-44-41-37-33-18-15-12-9-6-3/h7-8,10-11,16-17,19-20,23-24,26-27,29-32,36,39,50,54-57,59,63-64H,4-6,9,12-15,18,21-22,25,28,33-35,37-38,40-49H2,1-3H3,(H,65,66)/b10-7-,11-8-,19-16-,20-17-,24-23-,27-26-,31-30-,32-29-,39-36-. The fourth-order valence-electron chi connectivity index (χ4n) is 7.29. The molecule has 1 aliphatic rings. The third-order valence-corrected chi connectivity index (χ3v) is 11.4. The normalized spacial score (nSPS) is 19.4. The first-order chi connectivity index (χ1) is 34.6. The summed E-state index contributed by atoms with van der Waals surface area (Å²) in [6, 6.07) is 0. The van der Waals surface area contributed by atoms with Crippen LogP contribution in [0, 0.1) is 0 Å². The van der Waals surface area contributed by atoms with Gasteiger partial charge < -0.3 is 39.0 Å². The zero-order valence-electron chi connectivity index (χ0n) is 43.7. The first-order valence-electron chi connectivity index (χ1n) is 26.9. The van der Waals surface area contributed by atoms with Crippen LogP contribution in [0.5, 0.6) is 0 Å². The fraction of sp³-hybridized carbons (Fsp3) is 0.627. The summed E-state index contributed by atoms with van der Waals surface area (Å²) in [5, 5.41) is 31.3. The number of rotatable bonds is 43. The maximum Gasteiger partial charge on any atom is 0.335 e. The van der Waals surface area contributed by atoms with Crippen LogP contribution in [-0.2, 0) is 42.9 Å². The Morgan fingerprint density at radius 1 is 0.479 bits per heavy atom. The third-order valence-electron chi connectivity index (χ3n) is 11.4. The Labute approximate surface area is 427 Å². The summed E-state index contributed by atoms with van der Waals surface area (Å²) in [7, 11) is 0. The molecule has 12 heteroatoms. The number of carbonyl (C=O) groups is 4. The quantitative estimate of drug-likeness (QED) is 0.0229. The van der Waals surface area contributed by atoms with Gasteiger partial charge in [0, 0.05) is 19.3 Å². The van der Waals surface area contributed by atoms with Crippen LogP contribution in [0.4, 0.5) is 0 Å². The summed E-state index contributed by atoms with van der Waals surface area (Å²) in [4.78, 5) is 50.8. The first-order valence-corrected chi connectivity index (χ1v) is 26.9. The van der Waals surface area contributed by atoms with E-state index in [-0.39, 0.29) is 25.9 Å². The molecule has 1 fully saturated rings. The van der Waals surface area contributed by atoms with Gasteiger partial charge in [0.1, 0.15) is 18.8 Å². The molecule has 71 heavy (non-hydrogen) atoms. The third kappa shape index (κ3) is 36.9. The molecule has 0 aromatic heterocycles. The van der Waals surface area contributed by atoms with E-state index in [0.717, 1.165) is 103 Å². The van der Waals surface area contributed by atoms with Gasteiger partial charge in [-0.05, 0) is 89.9 Å². The maximum atomic E-state index is 13.1. The number of esters is 3. The van der Waals surface area contributed by atoms with Crippen molar-refractivity contribution >= 4 is 23.9 Å². The van der Waals surface area contributed by atoms with E-state index < -0.39 is 67.3 Å². The molecule has 12 nitrogen and oxygen atoms in total. The number of aliphatic hydroxyl groups is 2. The van der Waals surface area contributed by atoms with E-state index in [1.807, 2.05) is 12.2 Å². The SMILES string of the molecule is CC/C=C\C/C=C\C/C=C\C/C=C\C/C=C\C/C=C\CCC(=O)OCC(COC1OC(C(=O)O)C(O)C(O)C1OC(=O)CCCCCCCCCCC)OC(=O)CCCCC/C=C\C/C=C\C/C=C\CC. The van der Waals surface area contributed by atoms with Crippen LogP contribution in [0.15, 0.2) is 109 Å². The highest BCUT2D eigenvalue weighted by molar-refractivity contribution is 5.74. The highest BCUT2D eigenvalue weighted by Gasteiger charge is 2.50. The Balaban J connectivity index is 2.77. The minimum Gasteiger partial charge on any atom is -0.479 e. The Kier molecular flexibility index (Phi) is 42.1. The number of unbranched alkanes of at least 4 members (excludes halogenated alkanes) is 11. The largest absolute Gasteiger partial charge is 0.479 e. The smallest absolute Gasteiger partial charge is 0.335 e. The van der Waals surface area contributed by atoms with E-state index in [1.165, 1.54) is 25.7 Å². The van der Waals surface area contributed by atoms with Gasteiger partial charge in [-0.15, -0.1) is 0 Å². The lowest BCUT2D eigenvalue weighted by Crippen LogP contribution is -2.61. The molecule has 0 radical (unpaired) electrons. The predicted octanol–water partition coefficient (Wildman–Crippen LogP) is 13.1. The van der Waals surface area contributed by atoms with Crippen LogP contribution in [0.2, 0.25) is 0 Å². The van der Waals surface area contributed by atoms with Gasteiger partial charge in [0.05, 0.1) is 6.61 Å². The zero-order valence-corrected chi connectivity index (χ0v) is 43.7. The molecule has 6 unspecified atom stereocenters. The second kappa shape index (κ2) is 46.5. The molecule has 1 heterocycles. The molecule has 0 bridgehead atoms. The molecule has 0 aromatic carbocycles. The maximum absolute atomic E-state index is 13.1. The summed E-state index contributed by atoms with van der Waals surface area (Å²) < 4.78 is 28.1. The molecule has 3 N–H and O–H groups in total. The second-order valence-corrected chi connectivity index (χ2v) is 17.8. The molecule has 0 saturated carbocycles. The number of carboxylic acid groups (broad SMARTS) is 1. The number of hydrogen-bond donors (Lipinski definition) is 3. The van der Waals surface area contributed by atoms with Gasteiger partial charge in [-0.2, -0.15) is 0 Å². The van der Waals surface area contributed by atoms with E-state index in [4.69, 9.17) is 23.7 Å². The van der Waals surface area contributed by atoms with Gasteiger partial charge in [0.25, 0.3) is 0 Å². The van der Waals surface area contributed by atoms with Crippen molar-refractivity contribution in [1.29, 1.82) is 0 Å². The summed E-state index contributed by atoms with van der Waals surface area (Å²) in [6.45, 7) is 5.60. The summed E-state index contributed by atoms with van der Waals surface area (Å²) in [6.07, 6.45) is 49.6. The molecule has 1 rings (SSSR count). The minimum absolute atomic E-state index is 0.0455. The topological polar surface area (TPSA) is 175 Å². The van der Waals surface area contributed by atoms with Crippen molar-refractivity contribution in [2.24, 2.45) is 0 Å². The van der Waals surface area contributed by atoms with Gasteiger partial charge in [-0.3, -0.25) is 14.4 Å². The molecule has 400 valence electrons. The van der Waals surface area contributed by atoms with Crippen molar-refractivity contribution < 1.29 is 58.2 Å². The average Bonchev–Trinajstić information content (AvgIpc) is 3.35. The van der Waals surface area contributed by atoms with Crippen molar-refractivity contribution in [2.75, 3.05) is 13.2 Å². The summed E-state index contributed by atoms with van der Waals surface area (Å²) >= 11 is 0. The number of carboxylic acids is 1. The van der Waals surface area contributed by atoms with E-state index >= 15 is 0 Å². The Morgan fingerprint density at radius 2 is 0.915 bits per heavy atom. The van der Waals surface area contributed by atoms with Crippen LogP contribution in [-0.4, -0.2) is 89.2 Å². The van der Waals surface area contributed by atoms with Crippen molar-refractivity contribution in [3.63, 3.8) is 0 Å². The zero-order chi connectivity index (χ0) is 51.8. The van der Waals surface area contributed by atoms with E-state index in [9.17, 15) is 34.5 Å². The van der Waals surface area contributed by atoms with Crippen molar-refractivity contribution in [3.05, 3.63) is 109 Å². The molecule has 1 aliphatic heterocycles. The first kappa shape index (κ1) is 64.4. The summed E-state index contributed by atoms with van der Waals surface area (Å²) in [5.41, 5.74) is 0. The molecule has 0 amide bonds. The van der Waals surface area contributed by atoms with Crippen molar-refractivity contribution in [3.8, 4) is 0 Å². The lowest BCUT2D eigenvalue weighted by molar-refractivity contribution is -0.301. The van der Waals surface area contributed by atoms with E-state index in [1.54, 1.807) is 0 Å². The molecule has 0 aliphatic carbocycles. The molecule has 1 saturated heterocycles. The predicted molar refractivity (Wildman–Crippen MR) is 284 cm³/mol. The molecule has 0 spiro atoms. The van der Waals surface area contributed by atoms with Crippen LogP contribution in [0.1, 0.15) is 188 Å². The molecule has 6 atom stereocenters. The number of aliphatic hydroxyl groups excluding tert-OH is 2. The monoisotopic (exact) mass is 993 g/mol. The number of carbonyl (C=O) groups excluding carboxylic acids is 3. The van der Waals surface area contributed by atoms with Crippen LogP contribution in [0.3, 0.4) is 0 Å². The van der Waals surface area contributed by atoms with Gasteiger partial charge in [-0.1, -0.05) is 188 Å². The van der Waals surface area contributed by atoms with Gasteiger partial charge in [-0.25, -0.2) is 4.79 Å². The van der Waals surface area contributed by atoms with Gasteiger partial charge in [0.15, 0.2) is 24.6 Å². The molecular weight excluding hydrogens is 901 g/mol. The average molecular weight is 993 g/mol. The van der Waals surface area contributed by atoms with Crippen molar-refractivity contribution in [2.45, 2.75) is 225 Å². The minimum atomic E-state index is -1.92. The Hall–Kier alpha value is -4.62. The number of allylic oxidation sites excluding steroid dienone is 18. The van der Waals surface area contributed by atoms with Crippen LogP contribution < -0.4 is 0 Å². The molecular formula is C59H92O12. The van der Waals surface area contributed by atoms with Crippen molar-refractivity contribution in [1.82, 2.24) is 0 Å². The van der Waals surface area contributed by atoms with Gasteiger partial charge >= 0.3 is 23.9 Å². The lowest BCUT2D eigenvalue weighted by Gasteiger charge is -2.40. The van der Waals surface area contributed by atoms with Crippen LogP contribution >= 0.6 is 0 Å². The summed E-state index contributed by atoms with van der Waals surface area (Å²) in [5.74, 6) is -3.29. The Morgan fingerprint density at radius 3 is 1.41 bits per heavy atom. The number of aliphatic carboxylic acids is 1. The second-order valence-electron chi connectivity index (χ2n) is 17.8.